The van der Waals surface area contributed by atoms with E-state index in [4.69, 9.17) is 0 Å². The Bertz CT molecular complexity index is 376. The van der Waals surface area contributed by atoms with Gasteiger partial charge in [0, 0.05) is 30.0 Å². The first-order chi connectivity index (χ1) is 8.58. The Balaban J connectivity index is 2.56. The molecule has 2 unspecified atom stereocenters. The molecule has 5 heteroatoms. The largest absolute Gasteiger partial charge is 0.387 e. The third kappa shape index (κ3) is 4.55. The van der Waals surface area contributed by atoms with Crippen LogP contribution in [0.3, 0.4) is 0 Å². The summed E-state index contributed by atoms with van der Waals surface area (Å²) >= 11 is 1.72. The average molecular weight is 275 g/mol. The van der Waals surface area contributed by atoms with E-state index in [0.717, 1.165) is 24.3 Å². The summed E-state index contributed by atoms with van der Waals surface area (Å²) in [7, 11) is 0. The number of hydrogen-bond donors (Lipinski definition) is 2. The van der Waals surface area contributed by atoms with Crippen molar-refractivity contribution in [2.24, 2.45) is 0 Å². The Morgan fingerprint density at radius 3 is 2.67 bits per heavy atom. The number of aliphatic hydroxyl groups excluding tert-OH is 1. The van der Waals surface area contributed by atoms with Crippen molar-refractivity contribution in [1.29, 1.82) is 0 Å². The van der Waals surface area contributed by atoms with E-state index in [0.29, 0.717) is 0 Å². The van der Waals surface area contributed by atoms with Crippen LogP contribution in [0.15, 0.2) is 18.2 Å². The summed E-state index contributed by atoms with van der Waals surface area (Å²) in [5.74, 6) is -0.401. The highest BCUT2D eigenvalue weighted by Gasteiger charge is 2.15. The van der Waals surface area contributed by atoms with Crippen LogP contribution in [0.4, 0.5) is 8.78 Å². The fourth-order valence-corrected chi connectivity index (χ4v) is 2.44. The van der Waals surface area contributed by atoms with Gasteiger partial charge in [0.15, 0.2) is 0 Å². The molecule has 1 rings (SSSR count). The Kier molecular flexibility index (Phi) is 6.60. The third-order valence-corrected chi connectivity index (χ3v) is 3.52. The standard InChI is InChI=1S/C13H19F2NOS/c1-3-10(8-18-2)16-7-13(17)11-5-4-9(14)6-12(11)15/h4-6,10,13,16-17H,3,7-8H2,1-2H3. The highest BCUT2D eigenvalue weighted by molar-refractivity contribution is 7.98. The van der Waals surface area contributed by atoms with Gasteiger partial charge in [-0.3, -0.25) is 0 Å². The normalized spacial score (nSPS) is 14.5. The second-order valence-corrected chi connectivity index (χ2v) is 5.06. The van der Waals surface area contributed by atoms with Crippen molar-refractivity contribution in [2.45, 2.75) is 25.5 Å². The highest BCUT2D eigenvalue weighted by Crippen LogP contribution is 2.17. The van der Waals surface area contributed by atoms with E-state index in [1.54, 1.807) is 11.8 Å². The average Bonchev–Trinajstić information content (AvgIpc) is 2.34. The fraction of sp³-hybridized carbons (Fsp3) is 0.538. The lowest BCUT2D eigenvalue weighted by Gasteiger charge is -2.19. The van der Waals surface area contributed by atoms with Gasteiger partial charge in [0.1, 0.15) is 11.6 Å². The molecule has 0 radical (unpaired) electrons. The fourth-order valence-electron chi connectivity index (χ4n) is 1.68. The van der Waals surface area contributed by atoms with Crippen molar-refractivity contribution in [3.05, 3.63) is 35.4 Å². The second kappa shape index (κ2) is 7.71. The quantitative estimate of drug-likeness (QED) is 0.802. The summed E-state index contributed by atoms with van der Waals surface area (Å²) in [5, 5.41) is 13.1. The van der Waals surface area contributed by atoms with Gasteiger partial charge in [-0.1, -0.05) is 13.0 Å². The van der Waals surface area contributed by atoms with Crippen molar-refractivity contribution in [3.8, 4) is 0 Å². The lowest BCUT2D eigenvalue weighted by atomic mass is 10.1. The molecular weight excluding hydrogens is 256 g/mol. The zero-order valence-corrected chi connectivity index (χ0v) is 11.4. The smallest absolute Gasteiger partial charge is 0.131 e. The molecule has 102 valence electrons. The SMILES string of the molecule is CCC(CSC)NCC(O)c1ccc(F)cc1F. The van der Waals surface area contributed by atoms with Crippen LogP contribution in [-0.4, -0.2) is 29.7 Å². The molecule has 0 amide bonds. The minimum atomic E-state index is -0.957. The zero-order valence-electron chi connectivity index (χ0n) is 10.6. The molecule has 1 aromatic rings. The summed E-state index contributed by atoms with van der Waals surface area (Å²) in [6, 6.07) is 3.52. The van der Waals surface area contributed by atoms with E-state index in [1.807, 2.05) is 6.26 Å². The van der Waals surface area contributed by atoms with Crippen LogP contribution < -0.4 is 5.32 Å². The molecular formula is C13H19F2NOS. The monoisotopic (exact) mass is 275 g/mol. The lowest BCUT2D eigenvalue weighted by Crippen LogP contribution is -2.34. The van der Waals surface area contributed by atoms with Gasteiger partial charge in [0.2, 0.25) is 0 Å². The summed E-state index contributed by atoms with van der Waals surface area (Å²) < 4.78 is 26.2. The first-order valence-electron chi connectivity index (χ1n) is 5.93. The molecule has 0 saturated heterocycles. The van der Waals surface area contributed by atoms with Crippen molar-refractivity contribution in [3.63, 3.8) is 0 Å². The molecule has 0 aromatic heterocycles. The van der Waals surface area contributed by atoms with Gasteiger partial charge in [0.25, 0.3) is 0 Å². The van der Waals surface area contributed by atoms with E-state index in [2.05, 4.69) is 12.2 Å². The van der Waals surface area contributed by atoms with Gasteiger partial charge >= 0.3 is 0 Å². The molecule has 0 spiro atoms. The van der Waals surface area contributed by atoms with Gasteiger partial charge in [-0.25, -0.2) is 8.78 Å². The topological polar surface area (TPSA) is 32.3 Å². The maximum Gasteiger partial charge on any atom is 0.131 e. The third-order valence-electron chi connectivity index (χ3n) is 2.78. The van der Waals surface area contributed by atoms with E-state index in [9.17, 15) is 13.9 Å². The Labute approximate surface area is 111 Å². The lowest BCUT2D eigenvalue weighted by molar-refractivity contribution is 0.166. The first kappa shape index (κ1) is 15.4. The summed E-state index contributed by atoms with van der Waals surface area (Å²) in [5.41, 5.74) is 0.128. The number of aliphatic hydroxyl groups is 1. The van der Waals surface area contributed by atoms with E-state index < -0.39 is 17.7 Å². The van der Waals surface area contributed by atoms with Crippen LogP contribution >= 0.6 is 11.8 Å². The maximum absolute atomic E-state index is 13.4. The molecule has 0 aliphatic carbocycles. The van der Waals surface area contributed by atoms with E-state index in [1.165, 1.54) is 6.07 Å². The van der Waals surface area contributed by atoms with Crippen LogP contribution in [0.25, 0.3) is 0 Å². The maximum atomic E-state index is 13.4. The molecule has 18 heavy (non-hydrogen) atoms. The number of nitrogens with one attached hydrogen (secondary N) is 1. The van der Waals surface area contributed by atoms with Gasteiger partial charge in [-0.05, 0) is 18.7 Å². The van der Waals surface area contributed by atoms with E-state index >= 15 is 0 Å². The molecule has 0 aliphatic rings. The molecule has 1 aromatic carbocycles. The second-order valence-electron chi connectivity index (χ2n) is 4.15. The van der Waals surface area contributed by atoms with Crippen molar-refractivity contribution in [1.82, 2.24) is 5.32 Å². The Hall–Kier alpha value is -0.650. The zero-order chi connectivity index (χ0) is 13.5. The van der Waals surface area contributed by atoms with Crippen molar-refractivity contribution < 1.29 is 13.9 Å². The predicted octanol–water partition coefficient (Wildman–Crippen LogP) is 2.73. The van der Waals surface area contributed by atoms with Crippen LogP contribution in [0, 0.1) is 11.6 Å². The number of benzene rings is 1. The molecule has 0 fully saturated rings. The van der Waals surface area contributed by atoms with Crippen molar-refractivity contribution in [2.75, 3.05) is 18.6 Å². The minimum absolute atomic E-state index is 0.128. The van der Waals surface area contributed by atoms with Crippen LogP contribution in [0.5, 0.6) is 0 Å². The number of halogens is 2. The first-order valence-corrected chi connectivity index (χ1v) is 7.33. The van der Waals surface area contributed by atoms with Crippen LogP contribution in [0.2, 0.25) is 0 Å². The molecule has 0 aliphatic heterocycles. The highest BCUT2D eigenvalue weighted by atomic mass is 32.2. The molecule has 2 N–H and O–H groups in total. The Morgan fingerprint density at radius 2 is 2.11 bits per heavy atom. The minimum Gasteiger partial charge on any atom is -0.387 e. The van der Waals surface area contributed by atoms with E-state index in [-0.39, 0.29) is 18.2 Å². The van der Waals surface area contributed by atoms with Crippen molar-refractivity contribution >= 4 is 11.8 Å². The molecule has 0 saturated carbocycles. The summed E-state index contributed by atoms with van der Waals surface area (Å²) in [6.07, 6.45) is 2.00. The van der Waals surface area contributed by atoms with Gasteiger partial charge in [-0.2, -0.15) is 11.8 Å². The number of hydrogen-bond acceptors (Lipinski definition) is 3. The van der Waals surface area contributed by atoms with Crippen LogP contribution in [0.1, 0.15) is 25.0 Å². The summed E-state index contributed by atoms with van der Waals surface area (Å²) in [4.78, 5) is 0. The Morgan fingerprint density at radius 1 is 1.39 bits per heavy atom. The molecule has 0 heterocycles. The van der Waals surface area contributed by atoms with Gasteiger partial charge in [0.05, 0.1) is 6.10 Å². The molecule has 2 atom stereocenters. The summed E-state index contributed by atoms with van der Waals surface area (Å²) in [6.45, 7) is 2.32. The van der Waals surface area contributed by atoms with Gasteiger partial charge < -0.3 is 10.4 Å². The van der Waals surface area contributed by atoms with Gasteiger partial charge in [-0.15, -0.1) is 0 Å². The molecule has 0 bridgehead atoms. The van der Waals surface area contributed by atoms with Crippen LogP contribution in [-0.2, 0) is 0 Å². The number of rotatable bonds is 7. The molecule has 2 nitrogen and oxygen atoms in total. The number of thioether (sulfide) groups is 1. The predicted molar refractivity (Wildman–Crippen MR) is 71.8 cm³/mol.